The average Bonchev–Trinajstić information content (AvgIpc) is 3.20. The molecular weight excluding hydrogens is 302 g/mol. The highest BCUT2D eigenvalue weighted by atomic mass is 16.2. The van der Waals surface area contributed by atoms with Crippen LogP contribution in [-0.4, -0.2) is 49.1 Å². The number of amides is 1. The lowest BCUT2D eigenvalue weighted by molar-refractivity contribution is -0.129. The summed E-state index contributed by atoms with van der Waals surface area (Å²) in [6.45, 7) is 4.53. The van der Waals surface area contributed by atoms with E-state index in [1.54, 1.807) is 0 Å². The summed E-state index contributed by atoms with van der Waals surface area (Å²) in [6.07, 6.45) is 5.64. The number of aromatic nitrogens is 3. The Morgan fingerprint density at radius 2 is 2.12 bits per heavy atom. The molecule has 2 aliphatic heterocycles. The number of rotatable bonds is 4. The van der Waals surface area contributed by atoms with Gasteiger partial charge in [-0.25, -0.2) is 0 Å². The summed E-state index contributed by atoms with van der Waals surface area (Å²) >= 11 is 0. The Morgan fingerprint density at radius 1 is 1.25 bits per heavy atom. The number of aryl methyl sites for hydroxylation is 2. The van der Waals surface area contributed by atoms with Gasteiger partial charge in [-0.05, 0) is 25.5 Å². The van der Waals surface area contributed by atoms with Crippen molar-refractivity contribution in [2.45, 2.75) is 44.9 Å². The number of hydrogen-bond donors (Lipinski definition) is 0. The smallest absolute Gasteiger partial charge is 0.224 e. The summed E-state index contributed by atoms with van der Waals surface area (Å²) in [4.78, 5) is 21.6. The van der Waals surface area contributed by atoms with Gasteiger partial charge < -0.3 is 4.90 Å². The van der Waals surface area contributed by atoms with Crippen molar-refractivity contribution in [1.29, 1.82) is 0 Å². The van der Waals surface area contributed by atoms with Crippen molar-refractivity contribution in [2.24, 2.45) is 7.05 Å². The lowest BCUT2D eigenvalue weighted by Crippen LogP contribution is -2.36. The van der Waals surface area contributed by atoms with Gasteiger partial charge in [0.1, 0.15) is 0 Å². The van der Waals surface area contributed by atoms with Crippen molar-refractivity contribution < 1.29 is 4.79 Å². The molecule has 6 nitrogen and oxygen atoms in total. The van der Waals surface area contributed by atoms with Crippen LogP contribution in [0.5, 0.6) is 0 Å². The third-order valence-electron chi connectivity index (χ3n) is 5.15. The Labute approximate surface area is 142 Å². The predicted molar refractivity (Wildman–Crippen MR) is 90.0 cm³/mol. The molecule has 0 saturated carbocycles. The van der Waals surface area contributed by atoms with Crippen LogP contribution in [0.1, 0.15) is 29.8 Å². The Hall–Kier alpha value is -2.21. The van der Waals surface area contributed by atoms with Crippen LogP contribution in [0.4, 0.5) is 0 Å². The summed E-state index contributed by atoms with van der Waals surface area (Å²) in [5.41, 5.74) is 3.19. The second kappa shape index (κ2) is 6.02. The van der Waals surface area contributed by atoms with Crippen LogP contribution in [0.2, 0.25) is 0 Å². The number of carbonyl (C=O) groups is 1. The molecule has 2 saturated heterocycles. The van der Waals surface area contributed by atoms with E-state index < -0.39 is 0 Å². The standard InChI is InChI=1S/C18H23N5O/c1-13-4-3-5-15(20-13)12-23-16-6-7-22(17(16)8-18(23)24)11-14-9-19-21(2)10-14/h3-5,9-10,16-17H,6-8,11-12H2,1-2H3/t16-,17+/m0/s1. The number of hydrogen-bond acceptors (Lipinski definition) is 4. The molecule has 0 unspecified atom stereocenters. The van der Waals surface area contributed by atoms with Gasteiger partial charge in [0.05, 0.1) is 18.4 Å². The Kier molecular flexibility index (Phi) is 3.84. The molecule has 126 valence electrons. The van der Waals surface area contributed by atoms with Gasteiger partial charge in [-0.2, -0.15) is 5.10 Å². The van der Waals surface area contributed by atoms with Crippen LogP contribution >= 0.6 is 0 Å². The van der Waals surface area contributed by atoms with Crippen molar-refractivity contribution in [1.82, 2.24) is 24.6 Å². The SMILES string of the molecule is Cc1cccc(CN2C(=O)C[C@@H]3[C@@H]2CCN3Cc2cnn(C)c2)n1. The largest absolute Gasteiger partial charge is 0.332 e. The monoisotopic (exact) mass is 325 g/mol. The van der Waals surface area contributed by atoms with Crippen LogP contribution in [0.25, 0.3) is 0 Å². The molecule has 0 aromatic carbocycles. The molecule has 4 rings (SSSR count). The third kappa shape index (κ3) is 2.82. The van der Waals surface area contributed by atoms with Gasteiger partial charge in [0, 0.05) is 56.1 Å². The molecule has 6 heteroatoms. The lowest BCUT2D eigenvalue weighted by Gasteiger charge is -2.25. The Bertz CT molecular complexity index is 755. The van der Waals surface area contributed by atoms with E-state index >= 15 is 0 Å². The first kappa shape index (κ1) is 15.3. The first-order valence-electron chi connectivity index (χ1n) is 8.54. The summed E-state index contributed by atoms with van der Waals surface area (Å²) in [5, 5.41) is 4.24. The van der Waals surface area contributed by atoms with Gasteiger partial charge in [0.25, 0.3) is 0 Å². The molecule has 2 aliphatic rings. The molecule has 2 aromatic heterocycles. The van der Waals surface area contributed by atoms with E-state index in [1.165, 1.54) is 5.56 Å². The van der Waals surface area contributed by atoms with E-state index in [0.717, 1.165) is 30.9 Å². The zero-order valence-corrected chi connectivity index (χ0v) is 14.2. The number of fused-ring (bicyclic) bond motifs is 1. The van der Waals surface area contributed by atoms with Crippen LogP contribution in [-0.2, 0) is 24.9 Å². The van der Waals surface area contributed by atoms with Crippen molar-refractivity contribution >= 4 is 5.91 Å². The van der Waals surface area contributed by atoms with E-state index in [1.807, 2.05) is 47.9 Å². The Morgan fingerprint density at radius 3 is 2.88 bits per heavy atom. The highest BCUT2D eigenvalue weighted by Gasteiger charge is 2.46. The summed E-state index contributed by atoms with van der Waals surface area (Å²) in [5.74, 6) is 0.254. The minimum atomic E-state index is 0.254. The van der Waals surface area contributed by atoms with Gasteiger partial charge in [-0.1, -0.05) is 6.07 Å². The van der Waals surface area contributed by atoms with Crippen molar-refractivity contribution in [2.75, 3.05) is 6.54 Å². The number of pyridine rings is 1. The molecule has 0 bridgehead atoms. The van der Waals surface area contributed by atoms with Gasteiger partial charge >= 0.3 is 0 Å². The number of nitrogens with zero attached hydrogens (tertiary/aromatic N) is 5. The Balaban J connectivity index is 1.47. The van der Waals surface area contributed by atoms with Gasteiger partial charge in [-0.3, -0.25) is 19.4 Å². The predicted octanol–water partition coefficient (Wildman–Crippen LogP) is 1.50. The molecule has 2 atom stereocenters. The maximum Gasteiger partial charge on any atom is 0.224 e. The van der Waals surface area contributed by atoms with Crippen LogP contribution < -0.4 is 0 Å². The summed E-state index contributed by atoms with van der Waals surface area (Å²) < 4.78 is 1.83. The van der Waals surface area contributed by atoms with Gasteiger partial charge in [0.15, 0.2) is 0 Å². The highest BCUT2D eigenvalue weighted by molar-refractivity contribution is 5.80. The first-order chi connectivity index (χ1) is 11.6. The van der Waals surface area contributed by atoms with E-state index in [-0.39, 0.29) is 5.91 Å². The van der Waals surface area contributed by atoms with Crippen LogP contribution in [0.3, 0.4) is 0 Å². The van der Waals surface area contributed by atoms with Crippen LogP contribution in [0.15, 0.2) is 30.6 Å². The summed E-state index contributed by atoms with van der Waals surface area (Å²) in [7, 11) is 1.94. The minimum Gasteiger partial charge on any atom is -0.332 e. The first-order valence-corrected chi connectivity index (χ1v) is 8.54. The molecule has 2 aromatic rings. The summed E-state index contributed by atoms with van der Waals surface area (Å²) in [6, 6.07) is 6.65. The molecule has 24 heavy (non-hydrogen) atoms. The zero-order chi connectivity index (χ0) is 16.7. The highest BCUT2D eigenvalue weighted by Crippen LogP contribution is 2.34. The minimum absolute atomic E-state index is 0.254. The van der Waals surface area contributed by atoms with E-state index in [2.05, 4.69) is 21.2 Å². The van der Waals surface area contributed by atoms with Crippen LogP contribution in [0, 0.1) is 6.92 Å². The fourth-order valence-electron chi connectivity index (χ4n) is 4.06. The van der Waals surface area contributed by atoms with Crippen molar-refractivity contribution in [3.05, 3.63) is 47.5 Å². The van der Waals surface area contributed by atoms with E-state index in [4.69, 9.17) is 0 Å². The van der Waals surface area contributed by atoms with E-state index in [9.17, 15) is 4.79 Å². The zero-order valence-electron chi connectivity index (χ0n) is 14.2. The van der Waals surface area contributed by atoms with Crippen molar-refractivity contribution in [3.8, 4) is 0 Å². The molecule has 0 N–H and O–H groups in total. The molecule has 2 fully saturated rings. The average molecular weight is 325 g/mol. The second-order valence-electron chi connectivity index (χ2n) is 6.91. The van der Waals surface area contributed by atoms with Gasteiger partial charge in [-0.15, -0.1) is 0 Å². The third-order valence-corrected chi connectivity index (χ3v) is 5.15. The molecule has 0 aliphatic carbocycles. The lowest BCUT2D eigenvalue weighted by atomic mass is 10.1. The molecule has 4 heterocycles. The fraction of sp³-hybridized carbons (Fsp3) is 0.500. The quantitative estimate of drug-likeness (QED) is 0.855. The molecule has 1 amide bonds. The van der Waals surface area contributed by atoms with Crippen molar-refractivity contribution in [3.63, 3.8) is 0 Å². The van der Waals surface area contributed by atoms with E-state index in [0.29, 0.717) is 25.0 Å². The molecule has 0 radical (unpaired) electrons. The maximum atomic E-state index is 12.5. The molecule has 0 spiro atoms. The second-order valence-corrected chi connectivity index (χ2v) is 6.91. The normalized spacial score (nSPS) is 23.9. The number of likely N-dealkylation sites (tertiary alicyclic amines) is 2. The molecular formula is C18H23N5O. The number of carbonyl (C=O) groups excluding carboxylic acids is 1. The maximum absolute atomic E-state index is 12.5. The fourth-order valence-corrected chi connectivity index (χ4v) is 4.06. The van der Waals surface area contributed by atoms with Gasteiger partial charge in [0.2, 0.25) is 5.91 Å². The topological polar surface area (TPSA) is 54.3 Å².